The van der Waals surface area contributed by atoms with Gasteiger partial charge in [-0.3, -0.25) is 14.9 Å². The van der Waals surface area contributed by atoms with E-state index in [2.05, 4.69) is 20.0 Å². The lowest BCUT2D eigenvalue weighted by molar-refractivity contribution is 0.0320. The maximum Gasteiger partial charge on any atom is 0.152 e. The Hall–Kier alpha value is -1.67. The van der Waals surface area contributed by atoms with Gasteiger partial charge < -0.3 is 14.3 Å². The van der Waals surface area contributed by atoms with Gasteiger partial charge in [0.15, 0.2) is 5.76 Å². The van der Waals surface area contributed by atoms with E-state index in [4.69, 9.17) is 9.15 Å². The van der Waals surface area contributed by atoms with Crippen molar-refractivity contribution < 1.29 is 14.3 Å². The van der Waals surface area contributed by atoms with Crippen LogP contribution in [0.2, 0.25) is 0 Å². The van der Waals surface area contributed by atoms with Crippen LogP contribution in [0.15, 0.2) is 22.7 Å². The van der Waals surface area contributed by atoms with Gasteiger partial charge in [0.2, 0.25) is 0 Å². The van der Waals surface area contributed by atoms with Crippen LogP contribution in [0.4, 0.5) is 0 Å². The zero-order valence-electron chi connectivity index (χ0n) is 14.2. The molecule has 0 spiro atoms. The molecule has 0 unspecified atom stereocenters. The van der Waals surface area contributed by atoms with Crippen molar-refractivity contribution >= 4 is 0 Å². The molecule has 3 heterocycles. The fraction of sp³-hybridized carbons (Fsp3) is 0.588. The predicted molar refractivity (Wildman–Crippen MR) is 90.6 cm³/mol. The van der Waals surface area contributed by atoms with Gasteiger partial charge in [-0.1, -0.05) is 0 Å². The third-order valence-electron chi connectivity index (χ3n) is 4.35. The number of aryl methyl sites for hydroxylation is 1. The lowest BCUT2D eigenvalue weighted by Crippen LogP contribution is -2.41. The Balaban J connectivity index is 1.62. The van der Waals surface area contributed by atoms with E-state index >= 15 is 0 Å². The van der Waals surface area contributed by atoms with Crippen LogP contribution in [-0.4, -0.2) is 77.6 Å². The molecule has 0 amide bonds. The molecule has 132 valence electrons. The second-order valence-electron chi connectivity index (χ2n) is 6.13. The molecule has 0 radical (unpaired) electrons. The normalized spacial score (nSPS) is 16.1. The van der Waals surface area contributed by atoms with Crippen LogP contribution in [0.1, 0.15) is 11.3 Å². The second kappa shape index (κ2) is 8.43. The van der Waals surface area contributed by atoms with Crippen LogP contribution in [0.25, 0.3) is 11.5 Å². The molecular weight excluding hydrogens is 308 g/mol. The Kier molecular flexibility index (Phi) is 6.03. The first-order valence-corrected chi connectivity index (χ1v) is 8.48. The van der Waals surface area contributed by atoms with E-state index in [0.717, 1.165) is 68.7 Å². The van der Waals surface area contributed by atoms with Gasteiger partial charge in [-0.25, -0.2) is 0 Å². The highest BCUT2D eigenvalue weighted by Crippen LogP contribution is 2.24. The molecule has 0 atom stereocenters. The average molecular weight is 334 g/mol. The smallest absolute Gasteiger partial charge is 0.152 e. The van der Waals surface area contributed by atoms with Crippen molar-refractivity contribution in [2.75, 3.05) is 52.5 Å². The first-order chi connectivity index (χ1) is 11.8. The summed E-state index contributed by atoms with van der Waals surface area (Å²) in [6.07, 6.45) is 1.84. The number of H-pyrrole nitrogens is 1. The van der Waals surface area contributed by atoms with Gasteiger partial charge in [-0.05, 0) is 19.1 Å². The molecule has 7 heteroatoms. The van der Waals surface area contributed by atoms with Gasteiger partial charge in [0.25, 0.3) is 0 Å². The maximum absolute atomic E-state index is 9.37. The van der Waals surface area contributed by atoms with E-state index in [1.807, 2.05) is 25.3 Å². The largest absolute Gasteiger partial charge is 0.460 e. The lowest BCUT2D eigenvalue weighted by Gasteiger charge is -2.29. The summed E-state index contributed by atoms with van der Waals surface area (Å²) in [5.41, 5.74) is 2.00. The molecule has 2 aromatic rings. The van der Waals surface area contributed by atoms with Crippen LogP contribution in [0.5, 0.6) is 0 Å². The van der Waals surface area contributed by atoms with Gasteiger partial charge in [0, 0.05) is 44.8 Å². The molecule has 1 saturated heterocycles. The summed E-state index contributed by atoms with van der Waals surface area (Å²) in [5.74, 6) is 1.68. The van der Waals surface area contributed by atoms with Crippen molar-refractivity contribution in [3.8, 4) is 11.5 Å². The zero-order chi connectivity index (χ0) is 16.8. The van der Waals surface area contributed by atoms with E-state index in [9.17, 15) is 5.11 Å². The molecule has 3 rings (SSSR count). The quantitative estimate of drug-likeness (QED) is 0.753. The highest BCUT2D eigenvalue weighted by atomic mass is 16.5. The SMILES string of the molecule is Cc1ccc(-c2[nH]ncc2CN(CCO)CCN2CCOCC2)o1. The number of hydrogen-bond acceptors (Lipinski definition) is 6. The summed E-state index contributed by atoms with van der Waals surface area (Å²) in [6.45, 7) is 8.93. The number of nitrogens with zero attached hydrogens (tertiary/aromatic N) is 3. The minimum Gasteiger partial charge on any atom is -0.460 e. The van der Waals surface area contributed by atoms with Gasteiger partial charge in [-0.15, -0.1) is 0 Å². The minimum absolute atomic E-state index is 0.149. The Bertz CT molecular complexity index is 619. The van der Waals surface area contributed by atoms with E-state index in [1.165, 1.54) is 0 Å². The van der Waals surface area contributed by atoms with Crippen molar-refractivity contribution in [2.24, 2.45) is 0 Å². The number of rotatable bonds is 8. The Morgan fingerprint density at radius 3 is 2.83 bits per heavy atom. The molecule has 24 heavy (non-hydrogen) atoms. The van der Waals surface area contributed by atoms with Crippen molar-refractivity contribution in [1.29, 1.82) is 0 Å². The maximum atomic E-state index is 9.37. The van der Waals surface area contributed by atoms with Gasteiger partial charge in [-0.2, -0.15) is 5.10 Å². The summed E-state index contributed by atoms with van der Waals surface area (Å²) in [4.78, 5) is 4.65. The van der Waals surface area contributed by atoms with E-state index < -0.39 is 0 Å². The zero-order valence-corrected chi connectivity index (χ0v) is 14.2. The summed E-state index contributed by atoms with van der Waals surface area (Å²) in [7, 11) is 0. The molecule has 0 saturated carbocycles. The predicted octanol–water partition coefficient (Wildman–Crippen LogP) is 1.10. The molecule has 0 bridgehead atoms. The Morgan fingerprint density at radius 2 is 2.12 bits per heavy atom. The molecule has 0 aliphatic carbocycles. The van der Waals surface area contributed by atoms with Gasteiger partial charge in [0.05, 0.1) is 26.0 Å². The van der Waals surface area contributed by atoms with Crippen molar-refractivity contribution in [3.63, 3.8) is 0 Å². The second-order valence-corrected chi connectivity index (χ2v) is 6.13. The number of hydrogen-bond donors (Lipinski definition) is 2. The third kappa shape index (κ3) is 4.45. The molecule has 7 nitrogen and oxygen atoms in total. The highest BCUT2D eigenvalue weighted by Gasteiger charge is 2.16. The van der Waals surface area contributed by atoms with E-state index in [0.29, 0.717) is 6.54 Å². The average Bonchev–Trinajstić information content (AvgIpc) is 3.22. The number of aliphatic hydroxyl groups excluding tert-OH is 1. The highest BCUT2D eigenvalue weighted by molar-refractivity contribution is 5.56. The number of aromatic nitrogens is 2. The number of morpholine rings is 1. The van der Waals surface area contributed by atoms with E-state index in [1.54, 1.807) is 0 Å². The Labute approximate surface area is 142 Å². The molecule has 1 fully saturated rings. The molecule has 2 aromatic heterocycles. The van der Waals surface area contributed by atoms with Crippen LogP contribution in [0.3, 0.4) is 0 Å². The summed E-state index contributed by atoms with van der Waals surface area (Å²) >= 11 is 0. The third-order valence-corrected chi connectivity index (χ3v) is 4.35. The summed E-state index contributed by atoms with van der Waals surface area (Å²) in [5, 5.41) is 16.6. The monoisotopic (exact) mass is 334 g/mol. The first-order valence-electron chi connectivity index (χ1n) is 8.48. The first kappa shape index (κ1) is 17.2. The fourth-order valence-corrected chi connectivity index (χ4v) is 2.97. The van der Waals surface area contributed by atoms with Crippen molar-refractivity contribution in [1.82, 2.24) is 20.0 Å². The number of nitrogens with one attached hydrogen (secondary N) is 1. The van der Waals surface area contributed by atoms with Crippen LogP contribution >= 0.6 is 0 Å². The van der Waals surface area contributed by atoms with Gasteiger partial charge in [0.1, 0.15) is 11.5 Å². The molecule has 0 aromatic carbocycles. The van der Waals surface area contributed by atoms with Crippen LogP contribution in [0, 0.1) is 6.92 Å². The minimum atomic E-state index is 0.149. The summed E-state index contributed by atoms with van der Waals surface area (Å²) in [6, 6.07) is 3.90. The number of ether oxygens (including phenoxy) is 1. The molecular formula is C17H26N4O3. The topological polar surface area (TPSA) is 77.8 Å². The summed E-state index contributed by atoms with van der Waals surface area (Å²) < 4.78 is 11.1. The lowest BCUT2D eigenvalue weighted by atomic mass is 10.2. The fourth-order valence-electron chi connectivity index (χ4n) is 2.97. The molecule has 1 aliphatic rings. The number of aliphatic hydroxyl groups is 1. The molecule has 1 aliphatic heterocycles. The van der Waals surface area contributed by atoms with Crippen LogP contribution in [-0.2, 0) is 11.3 Å². The van der Waals surface area contributed by atoms with Crippen molar-refractivity contribution in [3.05, 3.63) is 29.7 Å². The van der Waals surface area contributed by atoms with Crippen LogP contribution < -0.4 is 0 Å². The van der Waals surface area contributed by atoms with E-state index in [-0.39, 0.29) is 6.61 Å². The molecule has 2 N–H and O–H groups in total. The standard InChI is InChI=1S/C17H26N4O3/c1-14-2-3-16(24-14)17-15(12-18-19-17)13-21(6-9-22)5-4-20-7-10-23-11-8-20/h2-3,12,22H,4-11,13H2,1H3,(H,18,19). The van der Waals surface area contributed by atoms with Crippen molar-refractivity contribution in [2.45, 2.75) is 13.5 Å². The Morgan fingerprint density at radius 1 is 1.29 bits per heavy atom. The number of aromatic amines is 1. The number of furan rings is 1. The van der Waals surface area contributed by atoms with Gasteiger partial charge >= 0.3 is 0 Å².